The number of rotatable bonds is 6. The number of hydrogen-bond donors (Lipinski definition) is 1. The third-order valence-corrected chi connectivity index (χ3v) is 7.90. The minimum atomic E-state index is -3.50. The molecule has 10 heteroatoms. The Hall–Kier alpha value is -1.35. The molecule has 1 N–H and O–H groups in total. The number of hydrogen-bond acceptors (Lipinski definition) is 5. The van der Waals surface area contributed by atoms with Gasteiger partial charge in [0.15, 0.2) is 6.61 Å². The Labute approximate surface area is 168 Å². The summed E-state index contributed by atoms with van der Waals surface area (Å²) in [6.45, 7) is 2.15. The van der Waals surface area contributed by atoms with Crippen molar-refractivity contribution in [2.75, 3.05) is 25.0 Å². The number of benzene rings is 1. The molecule has 27 heavy (non-hydrogen) atoms. The fourth-order valence-electron chi connectivity index (χ4n) is 2.90. The van der Waals surface area contributed by atoms with Crippen molar-refractivity contribution in [1.82, 2.24) is 4.31 Å². The molecule has 7 nitrogen and oxygen atoms in total. The molecular weight excluding hydrogens is 415 g/mol. The Morgan fingerprint density at radius 2 is 1.74 bits per heavy atom. The van der Waals surface area contributed by atoms with Crippen LogP contribution in [0.3, 0.4) is 0 Å². The van der Waals surface area contributed by atoms with Gasteiger partial charge in [0, 0.05) is 25.2 Å². The van der Waals surface area contributed by atoms with E-state index in [4.69, 9.17) is 27.9 Å². The maximum absolute atomic E-state index is 12.5. The molecule has 1 saturated carbocycles. The Bertz CT molecular complexity index is 851. The van der Waals surface area contributed by atoms with Crippen LogP contribution in [0.2, 0.25) is 0 Å². The molecule has 2 aliphatic rings. The van der Waals surface area contributed by atoms with Gasteiger partial charge in [0.25, 0.3) is 5.91 Å². The molecule has 148 valence electrons. The molecule has 0 spiro atoms. The zero-order valence-corrected chi connectivity index (χ0v) is 17.0. The maximum Gasteiger partial charge on any atom is 0.315 e. The van der Waals surface area contributed by atoms with E-state index in [9.17, 15) is 18.0 Å². The second-order valence-electron chi connectivity index (χ2n) is 6.97. The molecule has 1 aromatic rings. The first kappa shape index (κ1) is 20.4. The van der Waals surface area contributed by atoms with Gasteiger partial charge in [-0.05, 0) is 44.0 Å². The van der Waals surface area contributed by atoms with Crippen LogP contribution in [0.4, 0.5) is 5.69 Å². The molecule has 1 saturated heterocycles. The molecule has 3 rings (SSSR count). The molecule has 1 amide bonds. The molecule has 0 bridgehead atoms. The number of amides is 1. The van der Waals surface area contributed by atoms with Crippen LogP contribution < -0.4 is 5.32 Å². The van der Waals surface area contributed by atoms with Crippen molar-refractivity contribution in [2.24, 2.45) is 5.41 Å². The Kier molecular flexibility index (Phi) is 5.46. The number of nitrogens with zero attached hydrogens (tertiary/aromatic N) is 1. The van der Waals surface area contributed by atoms with Crippen LogP contribution >= 0.6 is 23.2 Å². The van der Waals surface area contributed by atoms with Gasteiger partial charge in [0.1, 0.15) is 9.75 Å². The number of alkyl halides is 2. The predicted molar refractivity (Wildman–Crippen MR) is 101 cm³/mol. The standard InChI is InChI=1S/C17H20Cl2N2O5S/c1-16(11-17(16,18)19)15(23)26-10-14(22)20-12-4-6-13(7-5-12)27(24,25)21-8-2-3-9-21/h4-7H,2-3,8-11H2,1H3,(H,20,22)/t16-/m0/s1. The third-order valence-electron chi connectivity index (χ3n) is 4.88. The van der Waals surface area contributed by atoms with Gasteiger partial charge in [0.05, 0.1) is 4.90 Å². The number of carbonyl (C=O) groups is 2. The van der Waals surface area contributed by atoms with Gasteiger partial charge in [-0.3, -0.25) is 9.59 Å². The van der Waals surface area contributed by atoms with Crippen molar-refractivity contribution in [3.05, 3.63) is 24.3 Å². The van der Waals surface area contributed by atoms with Crippen LogP contribution in [0.15, 0.2) is 29.2 Å². The number of carbonyl (C=O) groups excluding carboxylic acids is 2. The van der Waals surface area contributed by atoms with Crippen LogP contribution in [-0.4, -0.2) is 48.6 Å². The van der Waals surface area contributed by atoms with Crippen LogP contribution in [0.5, 0.6) is 0 Å². The second kappa shape index (κ2) is 7.24. The van der Waals surface area contributed by atoms with E-state index in [0.29, 0.717) is 18.8 Å². The summed E-state index contributed by atoms with van der Waals surface area (Å²) in [6.07, 6.45) is 2.00. The zero-order valence-electron chi connectivity index (χ0n) is 14.7. The van der Waals surface area contributed by atoms with Gasteiger partial charge in [-0.25, -0.2) is 8.42 Å². The lowest BCUT2D eigenvalue weighted by Gasteiger charge is -2.15. The lowest BCUT2D eigenvalue weighted by atomic mass is 10.1. The van der Waals surface area contributed by atoms with Gasteiger partial charge < -0.3 is 10.1 Å². The lowest BCUT2D eigenvalue weighted by Crippen LogP contribution is -2.28. The van der Waals surface area contributed by atoms with E-state index in [-0.39, 0.29) is 11.3 Å². The van der Waals surface area contributed by atoms with E-state index < -0.39 is 38.3 Å². The summed E-state index contributed by atoms with van der Waals surface area (Å²) in [5.41, 5.74) is -0.597. The Morgan fingerprint density at radius 3 is 2.26 bits per heavy atom. The predicted octanol–water partition coefficient (Wildman–Crippen LogP) is 2.54. The highest BCUT2D eigenvalue weighted by atomic mass is 35.5. The number of ether oxygens (including phenoxy) is 1. The monoisotopic (exact) mass is 434 g/mol. The van der Waals surface area contributed by atoms with Crippen molar-refractivity contribution in [3.63, 3.8) is 0 Å². The minimum absolute atomic E-state index is 0.177. The van der Waals surface area contributed by atoms with E-state index in [1.807, 2.05) is 0 Å². The summed E-state index contributed by atoms with van der Waals surface area (Å²) in [6, 6.07) is 5.87. The molecule has 0 aromatic heterocycles. The Balaban J connectivity index is 1.54. The molecular formula is C17H20Cl2N2O5S. The molecule has 1 atom stereocenters. The summed E-state index contributed by atoms with van der Waals surface area (Å²) in [7, 11) is -3.50. The van der Waals surface area contributed by atoms with Crippen molar-refractivity contribution in [1.29, 1.82) is 0 Å². The van der Waals surface area contributed by atoms with Gasteiger partial charge in [-0.1, -0.05) is 0 Å². The molecule has 1 aromatic carbocycles. The highest BCUT2D eigenvalue weighted by Crippen LogP contribution is 2.64. The zero-order chi connectivity index (χ0) is 19.9. The SMILES string of the molecule is C[C@@]1(C(=O)OCC(=O)Nc2ccc(S(=O)(=O)N3CCCC3)cc2)CC1(Cl)Cl. The largest absolute Gasteiger partial charge is 0.455 e. The quantitative estimate of drug-likeness (QED) is 0.548. The number of halogens is 2. The molecule has 1 aliphatic carbocycles. The van der Waals surface area contributed by atoms with E-state index in [1.54, 1.807) is 6.92 Å². The van der Waals surface area contributed by atoms with Crippen molar-refractivity contribution >= 4 is 50.8 Å². The average Bonchev–Trinajstić information content (AvgIpc) is 2.98. The van der Waals surface area contributed by atoms with Crippen molar-refractivity contribution < 1.29 is 22.7 Å². The first-order valence-corrected chi connectivity index (χ1v) is 10.7. The number of anilines is 1. The highest BCUT2D eigenvalue weighted by Gasteiger charge is 2.69. The van der Waals surface area contributed by atoms with Gasteiger partial charge in [-0.2, -0.15) is 4.31 Å². The first-order valence-electron chi connectivity index (χ1n) is 8.51. The van der Waals surface area contributed by atoms with Gasteiger partial charge in [0.2, 0.25) is 10.0 Å². The molecule has 2 fully saturated rings. The summed E-state index contributed by atoms with van der Waals surface area (Å²) in [5, 5.41) is 2.55. The summed E-state index contributed by atoms with van der Waals surface area (Å²) < 4.78 is 30.2. The van der Waals surface area contributed by atoms with Crippen molar-refractivity contribution in [3.8, 4) is 0 Å². The van der Waals surface area contributed by atoms with Crippen LogP contribution in [0, 0.1) is 5.41 Å². The van der Waals surface area contributed by atoms with Gasteiger partial charge in [-0.15, -0.1) is 23.2 Å². The fourth-order valence-corrected chi connectivity index (χ4v) is 5.10. The molecule has 0 radical (unpaired) electrons. The Morgan fingerprint density at radius 1 is 1.19 bits per heavy atom. The maximum atomic E-state index is 12.5. The molecule has 1 heterocycles. The normalized spacial score (nSPS) is 24.4. The van der Waals surface area contributed by atoms with E-state index in [1.165, 1.54) is 28.6 Å². The topological polar surface area (TPSA) is 92.8 Å². The number of nitrogens with one attached hydrogen (secondary N) is 1. The van der Waals surface area contributed by atoms with Crippen molar-refractivity contribution in [2.45, 2.75) is 35.4 Å². The van der Waals surface area contributed by atoms with Crippen LogP contribution in [-0.2, 0) is 24.3 Å². The van der Waals surface area contributed by atoms with Crippen LogP contribution in [0.1, 0.15) is 26.2 Å². The molecule has 0 unspecified atom stereocenters. The summed E-state index contributed by atoms with van der Waals surface area (Å²) in [4.78, 5) is 24.1. The smallest absolute Gasteiger partial charge is 0.315 e. The summed E-state index contributed by atoms with van der Waals surface area (Å²) >= 11 is 11.8. The highest BCUT2D eigenvalue weighted by molar-refractivity contribution is 7.89. The van der Waals surface area contributed by atoms with E-state index >= 15 is 0 Å². The second-order valence-corrected chi connectivity index (χ2v) is 10.4. The number of esters is 1. The fraction of sp³-hybridized carbons (Fsp3) is 0.529. The number of sulfonamides is 1. The summed E-state index contributed by atoms with van der Waals surface area (Å²) in [5.74, 6) is -1.17. The van der Waals surface area contributed by atoms with E-state index in [0.717, 1.165) is 12.8 Å². The van der Waals surface area contributed by atoms with Gasteiger partial charge >= 0.3 is 5.97 Å². The third kappa shape index (κ3) is 4.08. The lowest BCUT2D eigenvalue weighted by molar-refractivity contribution is -0.152. The van der Waals surface area contributed by atoms with E-state index in [2.05, 4.69) is 5.32 Å². The van der Waals surface area contributed by atoms with Crippen LogP contribution in [0.25, 0.3) is 0 Å². The minimum Gasteiger partial charge on any atom is -0.455 e. The molecule has 1 aliphatic heterocycles. The average molecular weight is 435 g/mol. The first-order chi connectivity index (χ1) is 12.6.